The molecule has 24 heavy (non-hydrogen) atoms. The van der Waals surface area contributed by atoms with Gasteiger partial charge in [0.25, 0.3) is 0 Å². The highest BCUT2D eigenvalue weighted by Gasteiger charge is 2.20. The Morgan fingerprint density at radius 1 is 1.29 bits per heavy atom. The number of hydrogen-bond acceptors (Lipinski definition) is 4. The van der Waals surface area contributed by atoms with Gasteiger partial charge in [0.1, 0.15) is 5.75 Å². The molecule has 1 aromatic carbocycles. The lowest BCUT2D eigenvalue weighted by Gasteiger charge is -2.31. The molecule has 5 heteroatoms. The minimum absolute atomic E-state index is 0.112. The van der Waals surface area contributed by atoms with Crippen molar-refractivity contribution in [1.29, 1.82) is 0 Å². The molecule has 2 rings (SSSR count). The predicted molar refractivity (Wildman–Crippen MR) is 97.2 cm³/mol. The molecule has 1 heterocycles. The fourth-order valence-corrected chi connectivity index (χ4v) is 3.19. The standard InChI is InChI=1S/C19H31N3O2/c1-4-22-12-10-17(11-13-22)20-19(23)15-21(3)14-16-8-6-7-9-18(16)24-5-2/h6-9,17H,4-5,10-15H2,1-3H3,(H,20,23). The first kappa shape index (κ1) is 18.7. The molecule has 0 spiro atoms. The number of carbonyl (C=O) groups is 1. The molecule has 0 bridgehead atoms. The number of piperidine rings is 1. The van der Waals surface area contributed by atoms with E-state index in [4.69, 9.17) is 4.74 Å². The molecule has 0 atom stereocenters. The van der Waals surface area contributed by atoms with Crippen molar-refractivity contribution in [2.24, 2.45) is 0 Å². The topological polar surface area (TPSA) is 44.8 Å². The van der Waals surface area contributed by atoms with Gasteiger partial charge in [0, 0.05) is 31.2 Å². The molecule has 1 N–H and O–H groups in total. The van der Waals surface area contributed by atoms with Crippen LogP contribution in [0.25, 0.3) is 0 Å². The molecule has 1 saturated heterocycles. The van der Waals surface area contributed by atoms with Crippen molar-refractivity contribution in [3.8, 4) is 5.75 Å². The van der Waals surface area contributed by atoms with Crippen molar-refractivity contribution in [3.05, 3.63) is 29.8 Å². The van der Waals surface area contributed by atoms with Crippen LogP contribution in [-0.2, 0) is 11.3 Å². The van der Waals surface area contributed by atoms with E-state index in [1.807, 2.05) is 37.1 Å². The molecule has 1 aliphatic rings. The number of para-hydroxylation sites is 1. The van der Waals surface area contributed by atoms with Gasteiger partial charge in [0.15, 0.2) is 0 Å². The second kappa shape index (κ2) is 9.64. The van der Waals surface area contributed by atoms with Crippen LogP contribution in [0.4, 0.5) is 0 Å². The zero-order chi connectivity index (χ0) is 17.4. The lowest BCUT2D eigenvalue weighted by atomic mass is 10.1. The molecule has 1 aliphatic heterocycles. The van der Waals surface area contributed by atoms with E-state index in [1.165, 1.54) is 0 Å². The first-order chi connectivity index (χ1) is 11.6. The van der Waals surface area contributed by atoms with Crippen molar-refractivity contribution >= 4 is 5.91 Å². The van der Waals surface area contributed by atoms with Gasteiger partial charge < -0.3 is 15.0 Å². The van der Waals surface area contributed by atoms with E-state index < -0.39 is 0 Å². The molecule has 0 radical (unpaired) electrons. The van der Waals surface area contributed by atoms with E-state index in [2.05, 4.69) is 23.2 Å². The number of nitrogens with zero attached hydrogens (tertiary/aromatic N) is 2. The van der Waals surface area contributed by atoms with Gasteiger partial charge in [-0.15, -0.1) is 0 Å². The first-order valence-corrected chi connectivity index (χ1v) is 9.03. The Morgan fingerprint density at radius 3 is 2.67 bits per heavy atom. The third-order valence-corrected chi connectivity index (χ3v) is 4.53. The van der Waals surface area contributed by atoms with Crippen molar-refractivity contribution < 1.29 is 9.53 Å². The summed E-state index contributed by atoms with van der Waals surface area (Å²) in [6.45, 7) is 9.20. The number of carbonyl (C=O) groups excluding carboxylic acids is 1. The average Bonchev–Trinajstić information content (AvgIpc) is 2.57. The Morgan fingerprint density at radius 2 is 2.00 bits per heavy atom. The SMILES string of the molecule is CCOc1ccccc1CN(C)CC(=O)NC1CCN(CC)CC1. The van der Waals surface area contributed by atoms with E-state index in [9.17, 15) is 4.79 Å². The molecule has 0 aliphatic carbocycles. The van der Waals surface area contributed by atoms with Gasteiger partial charge >= 0.3 is 0 Å². The Hall–Kier alpha value is -1.59. The highest BCUT2D eigenvalue weighted by atomic mass is 16.5. The summed E-state index contributed by atoms with van der Waals surface area (Å²) in [5.74, 6) is 1.01. The minimum Gasteiger partial charge on any atom is -0.494 e. The van der Waals surface area contributed by atoms with Gasteiger partial charge in [-0.2, -0.15) is 0 Å². The molecule has 0 unspecified atom stereocenters. The monoisotopic (exact) mass is 333 g/mol. The van der Waals surface area contributed by atoms with Crippen LogP contribution in [0.15, 0.2) is 24.3 Å². The third kappa shape index (κ3) is 5.80. The number of ether oxygens (including phenoxy) is 1. The fourth-order valence-electron chi connectivity index (χ4n) is 3.19. The highest BCUT2D eigenvalue weighted by molar-refractivity contribution is 5.78. The Kier molecular flexibility index (Phi) is 7.53. The molecule has 1 amide bonds. The van der Waals surface area contributed by atoms with Crippen molar-refractivity contribution in [3.63, 3.8) is 0 Å². The van der Waals surface area contributed by atoms with Crippen LogP contribution in [0.5, 0.6) is 5.75 Å². The molecule has 0 saturated carbocycles. The van der Waals surface area contributed by atoms with E-state index in [0.29, 0.717) is 25.7 Å². The largest absolute Gasteiger partial charge is 0.494 e. The van der Waals surface area contributed by atoms with Crippen molar-refractivity contribution in [2.75, 3.05) is 39.8 Å². The summed E-state index contributed by atoms with van der Waals surface area (Å²) in [4.78, 5) is 16.7. The van der Waals surface area contributed by atoms with Crippen LogP contribution < -0.4 is 10.1 Å². The Balaban J connectivity index is 1.78. The number of likely N-dealkylation sites (tertiary alicyclic amines) is 1. The Bertz CT molecular complexity index is 513. The number of nitrogens with one attached hydrogen (secondary N) is 1. The first-order valence-electron chi connectivity index (χ1n) is 9.03. The van der Waals surface area contributed by atoms with Gasteiger partial charge in [-0.25, -0.2) is 0 Å². The molecule has 5 nitrogen and oxygen atoms in total. The van der Waals surface area contributed by atoms with Crippen LogP contribution in [0.2, 0.25) is 0 Å². The number of likely N-dealkylation sites (N-methyl/N-ethyl adjacent to an activating group) is 1. The zero-order valence-corrected chi connectivity index (χ0v) is 15.3. The maximum absolute atomic E-state index is 12.3. The molecule has 1 fully saturated rings. The summed E-state index contributed by atoms with van der Waals surface area (Å²) in [6, 6.07) is 8.34. The predicted octanol–water partition coefficient (Wildman–Crippen LogP) is 2.12. The van der Waals surface area contributed by atoms with E-state index in [1.54, 1.807) is 0 Å². The summed E-state index contributed by atoms with van der Waals surface area (Å²) in [5, 5.41) is 3.18. The normalized spacial score (nSPS) is 16.3. The number of rotatable bonds is 8. The molecular weight excluding hydrogens is 302 g/mol. The second-order valence-electron chi connectivity index (χ2n) is 6.49. The number of hydrogen-bond donors (Lipinski definition) is 1. The van der Waals surface area contributed by atoms with Gasteiger partial charge in [-0.3, -0.25) is 9.69 Å². The quantitative estimate of drug-likeness (QED) is 0.791. The zero-order valence-electron chi connectivity index (χ0n) is 15.3. The van der Waals surface area contributed by atoms with Crippen molar-refractivity contribution in [2.45, 2.75) is 39.3 Å². The minimum atomic E-state index is 0.112. The van der Waals surface area contributed by atoms with E-state index in [0.717, 1.165) is 43.8 Å². The fraction of sp³-hybridized carbons (Fsp3) is 0.632. The van der Waals surface area contributed by atoms with Gasteiger partial charge in [-0.1, -0.05) is 25.1 Å². The molecule has 1 aromatic rings. The molecular formula is C19H31N3O2. The molecule has 0 aromatic heterocycles. The van der Waals surface area contributed by atoms with Crippen LogP contribution in [-0.4, -0.2) is 61.6 Å². The van der Waals surface area contributed by atoms with Crippen LogP contribution >= 0.6 is 0 Å². The van der Waals surface area contributed by atoms with Gasteiger partial charge in [0.05, 0.1) is 13.2 Å². The number of amides is 1. The van der Waals surface area contributed by atoms with Gasteiger partial charge in [0.2, 0.25) is 5.91 Å². The maximum Gasteiger partial charge on any atom is 0.234 e. The summed E-state index contributed by atoms with van der Waals surface area (Å²) < 4.78 is 5.65. The number of benzene rings is 1. The summed E-state index contributed by atoms with van der Waals surface area (Å²) in [5.41, 5.74) is 1.12. The van der Waals surface area contributed by atoms with Crippen LogP contribution in [0.3, 0.4) is 0 Å². The average molecular weight is 333 g/mol. The summed E-state index contributed by atoms with van der Waals surface area (Å²) in [6.07, 6.45) is 2.10. The lowest BCUT2D eigenvalue weighted by molar-refractivity contribution is -0.123. The second-order valence-corrected chi connectivity index (χ2v) is 6.49. The Labute approximate surface area is 146 Å². The third-order valence-electron chi connectivity index (χ3n) is 4.53. The van der Waals surface area contributed by atoms with E-state index in [-0.39, 0.29) is 5.91 Å². The summed E-state index contributed by atoms with van der Waals surface area (Å²) >= 11 is 0. The summed E-state index contributed by atoms with van der Waals surface area (Å²) in [7, 11) is 1.97. The lowest BCUT2D eigenvalue weighted by Crippen LogP contribution is -2.46. The van der Waals surface area contributed by atoms with Crippen LogP contribution in [0, 0.1) is 0 Å². The smallest absolute Gasteiger partial charge is 0.234 e. The van der Waals surface area contributed by atoms with E-state index >= 15 is 0 Å². The van der Waals surface area contributed by atoms with Crippen LogP contribution in [0.1, 0.15) is 32.3 Å². The molecule has 134 valence electrons. The van der Waals surface area contributed by atoms with Crippen molar-refractivity contribution in [1.82, 2.24) is 15.1 Å². The van der Waals surface area contributed by atoms with Gasteiger partial charge in [-0.05, 0) is 39.4 Å². The highest BCUT2D eigenvalue weighted by Crippen LogP contribution is 2.19. The maximum atomic E-state index is 12.3.